The highest BCUT2D eigenvalue weighted by Crippen LogP contribution is 2.23. The predicted molar refractivity (Wildman–Crippen MR) is 94.2 cm³/mol. The van der Waals surface area contributed by atoms with E-state index in [9.17, 15) is 4.79 Å². The number of ether oxygens (including phenoxy) is 1. The Hall–Kier alpha value is -2.40. The van der Waals surface area contributed by atoms with E-state index in [-0.39, 0.29) is 5.91 Å². The van der Waals surface area contributed by atoms with E-state index in [1.165, 1.54) is 12.8 Å². The number of nitrogens with one attached hydrogen (secondary N) is 2. The largest absolute Gasteiger partial charge is 0.457 e. The van der Waals surface area contributed by atoms with Crippen LogP contribution in [0.1, 0.15) is 25.7 Å². The number of pyridine rings is 1. The number of benzene rings is 1. The monoisotopic (exact) mass is 325 g/mol. The lowest BCUT2D eigenvalue weighted by Crippen LogP contribution is -2.28. The summed E-state index contributed by atoms with van der Waals surface area (Å²) in [7, 11) is 0. The lowest BCUT2D eigenvalue weighted by Gasteiger charge is -2.22. The maximum Gasteiger partial charge on any atom is 0.224 e. The summed E-state index contributed by atoms with van der Waals surface area (Å²) in [6.45, 7) is 2.15. The number of aromatic nitrogens is 1. The summed E-state index contributed by atoms with van der Waals surface area (Å²) in [5.74, 6) is 2.22. The minimum Gasteiger partial charge on any atom is -0.457 e. The van der Waals surface area contributed by atoms with Crippen molar-refractivity contribution in [3.8, 4) is 11.5 Å². The SMILES string of the molecule is O=C(CCC1CCNCC1)Nc1ccc(Oc2ccncc2)cc1. The second-order valence-corrected chi connectivity index (χ2v) is 6.09. The second-order valence-electron chi connectivity index (χ2n) is 6.09. The van der Waals surface area contributed by atoms with Gasteiger partial charge < -0.3 is 15.4 Å². The van der Waals surface area contributed by atoms with E-state index in [4.69, 9.17) is 4.74 Å². The van der Waals surface area contributed by atoms with Gasteiger partial charge in [0.1, 0.15) is 11.5 Å². The van der Waals surface area contributed by atoms with Crippen molar-refractivity contribution in [1.82, 2.24) is 10.3 Å². The molecule has 5 nitrogen and oxygen atoms in total. The molecule has 1 aliphatic rings. The third-order valence-electron chi connectivity index (χ3n) is 4.26. The lowest BCUT2D eigenvalue weighted by atomic mass is 9.93. The molecule has 2 heterocycles. The molecule has 5 heteroatoms. The first-order valence-corrected chi connectivity index (χ1v) is 8.48. The molecule has 1 amide bonds. The zero-order valence-corrected chi connectivity index (χ0v) is 13.7. The maximum absolute atomic E-state index is 12.1. The smallest absolute Gasteiger partial charge is 0.224 e. The molecule has 126 valence electrons. The lowest BCUT2D eigenvalue weighted by molar-refractivity contribution is -0.116. The van der Waals surface area contributed by atoms with Crippen molar-refractivity contribution in [2.45, 2.75) is 25.7 Å². The molecule has 1 aromatic heterocycles. The molecule has 0 spiro atoms. The number of carbonyl (C=O) groups is 1. The molecule has 0 unspecified atom stereocenters. The van der Waals surface area contributed by atoms with Crippen molar-refractivity contribution in [2.24, 2.45) is 5.92 Å². The quantitative estimate of drug-likeness (QED) is 0.852. The molecule has 24 heavy (non-hydrogen) atoms. The minimum atomic E-state index is 0.0799. The first-order chi connectivity index (χ1) is 11.8. The number of anilines is 1. The van der Waals surface area contributed by atoms with Crippen LogP contribution in [-0.2, 0) is 4.79 Å². The molecule has 2 aromatic rings. The topological polar surface area (TPSA) is 63.2 Å². The third-order valence-corrected chi connectivity index (χ3v) is 4.26. The fourth-order valence-corrected chi connectivity index (χ4v) is 2.88. The van der Waals surface area contributed by atoms with E-state index < -0.39 is 0 Å². The van der Waals surface area contributed by atoms with Crippen LogP contribution in [-0.4, -0.2) is 24.0 Å². The molecule has 1 fully saturated rings. The molecular formula is C19H23N3O2. The van der Waals surface area contributed by atoms with Gasteiger partial charge in [0.15, 0.2) is 0 Å². The summed E-state index contributed by atoms with van der Waals surface area (Å²) in [5.41, 5.74) is 0.799. The van der Waals surface area contributed by atoms with E-state index in [1.54, 1.807) is 24.5 Å². The van der Waals surface area contributed by atoms with Crippen molar-refractivity contribution in [2.75, 3.05) is 18.4 Å². The highest BCUT2D eigenvalue weighted by atomic mass is 16.5. The Balaban J connectivity index is 1.45. The van der Waals surface area contributed by atoms with Gasteiger partial charge in [-0.05, 0) is 74.7 Å². The molecule has 3 rings (SSSR count). The summed E-state index contributed by atoms with van der Waals surface area (Å²) in [6, 6.07) is 11.0. The maximum atomic E-state index is 12.1. The molecular weight excluding hydrogens is 302 g/mol. The van der Waals surface area contributed by atoms with Crippen LogP contribution in [0.3, 0.4) is 0 Å². The normalized spacial score (nSPS) is 15.0. The Morgan fingerprint density at radius 3 is 2.46 bits per heavy atom. The molecule has 1 aliphatic heterocycles. The van der Waals surface area contributed by atoms with Crippen molar-refractivity contribution in [3.63, 3.8) is 0 Å². The fraction of sp³-hybridized carbons (Fsp3) is 0.368. The summed E-state index contributed by atoms with van der Waals surface area (Å²) >= 11 is 0. The molecule has 0 radical (unpaired) electrons. The van der Waals surface area contributed by atoms with Crippen LogP contribution >= 0.6 is 0 Å². The summed E-state index contributed by atoms with van der Waals surface area (Å²) < 4.78 is 5.71. The van der Waals surface area contributed by atoms with Crippen molar-refractivity contribution >= 4 is 11.6 Å². The first-order valence-electron chi connectivity index (χ1n) is 8.48. The average Bonchev–Trinajstić information content (AvgIpc) is 2.63. The van der Waals surface area contributed by atoms with Gasteiger partial charge in [-0.2, -0.15) is 0 Å². The Bertz CT molecular complexity index is 637. The van der Waals surface area contributed by atoms with Crippen LogP contribution in [0.25, 0.3) is 0 Å². The van der Waals surface area contributed by atoms with Crippen molar-refractivity contribution < 1.29 is 9.53 Å². The predicted octanol–water partition coefficient (Wildman–Crippen LogP) is 3.59. The van der Waals surface area contributed by atoms with Crippen molar-refractivity contribution in [1.29, 1.82) is 0 Å². The Morgan fingerprint density at radius 2 is 1.75 bits per heavy atom. The van der Waals surface area contributed by atoms with Crippen LogP contribution in [0.2, 0.25) is 0 Å². The van der Waals surface area contributed by atoms with Gasteiger partial charge in [-0.1, -0.05) is 0 Å². The number of nitrogens with zero attached hydrogens (tertiary/aromatic N) is 1. The van der Waals surface area contributed by atoms with Crippen molar-refractivity contribution in [3.05, 3.63) is 48.8 Å². The van der Waals surface area contributed by atoms with Gasteiger partial charge in [0, 0.05) is 24.5 Å². The van der Waals surface area contributed by atoms with Gasteiger partial charge in [0.2, 0.25) is 5.91 Å². The number of hydrogen-bond donors (Lipinski definition) is 2. The van der Waals surface area contributed by atoms with Crippen LogP contribution in [0.4, 0.5) is 5.69 Å². The standard InChI is InChI=1S/C19H23N3O2/c23-19(6-1-15-7-11-20-12-8-15)22-16-2-4-17(5-3-16)24-18-9-13-21-14-10-18/h2-5,9-10,13-15,20H,1,6-8,11-12H2,(H,22,23). The van der Waals surface area contributed by atoms with Gasteiger partial charge in [0.25, 0.3) is 0 Å². The van der Waals surface area contributed by atoms with Crippen LogP contribution in [0.15, 0.2) is 48.8 Å². The van der Waals surface area contributed by atoms with E-state index >= 15 is 0 Å². The number of amides is 1. The molecule has 0 bridgehead atoms. The Labute approximate surface area is 142 Å². The molecule has 0 saturated carbocycles. The number of carbonyl (C=O) groups excluding carboxylic acids is 1. The summed E-state index contributed by atoms with van der Waals surface area (Å²) in [5, 5.41) is 6.30. The van der Waals surface area contributed by atoms with Crippen LogP contribution in [0, 0.1) is 5.92 Å². The molecule has 0 aliphatic carbocycles. The molecule has 1 aromatic carbocycles. The summed E-state index contributed by atoms with van der Waals surface area (Å²) in [6.07, 6.45) is 7.28. The zero-order chi connectivity index (χ0) is 16.6. The van der Waals surface area contributed by atoms with Gasteiger partial charge in [0.05, 0.1) is 0 Å². The highest BCUT2D eigenvalue weighted by Gasteiger charge is 2.14. The highest BCUT2D eigenvalue weighted by molar-refractivity contribution is 5.90. The zero-order valence-electron chi connectivity index (χ0n) is 13.7. The third kappa shape index (κ3) is 5.06. The number of rotatable bonds is 6. The molecule has 1 saturated heterocycles. The van der Waals surface area contributed by atoms with E-state index in [1.807, 2.05) is 24.3 Å². The van der Waals surface area contributed by atoms with Crippen LogP contribution in [0.5, 0.6) is 11.5 Å². The first kappa shape index (κ1) is 16.5. The van der Waals surface area contributed by atoms with E-state index in [0.717, 1.165) is 36.7 Å². The molecule has 0 atom stereocenters. The average molecular weight is 325 g/mol. The Morgan fingerprint density at radius 1 is 1.08 bits per heavy atom. The molecule has 2 N–H and O–H groups in total. The van der Waals surface area contributed by atoms with Gasteiger partial charge in [-0.15, -0.1) is 0 Å². The number of piperidine rings is 1. The van der Waals surface area contributed by atoms with Gasteiger partial charge in [-0.25, -0.2) is 0 Å². The number of hydrogen-bond acceptors (Lipinski definition) is 4. The van der Waals surface area contributed by atoms with Gasteiger partial charge >= 0.3 is 0 Å². The summed E-state index contributed by atoms with van der Waals surface area (Å²) in [4.78, 5) is 16.0. The van der Waals surface area contributed by atoms with Gasteiger partial charge in [-0.3, -0.25) is 9.78 Å². The Kier molecular flexibility index (Phi) is 5.80. The second kappa shape index (κ2) is 8.45. The van der Waals surface area contributed by atoms with E-state index in [2.05, 4.69) is 15.6 Å². The van der Waals surface area contributed by atoms with E-state index in [0.29, 0.717) is 12.3 Å². The van der Waals surface area contributed by atoms with Crippen LogP contribution < -0.4 is 15.4 Å². The fourth-order valence-electron chi connectivity index (χ4n) is 2.88. The minimum absolute atomic E-state index is 0.0799.